The van der Waals surface area contributed by atoms with Crippen LogP contribution in [0.2, 0.25) is 0 Å². The Balaban J connectivity index is 2.55. The van der Waals surface area contributed by atoms with E-state index in [-0.39, 0.29) is 5.82 Å². The van der Waals surface area contributed by atoms with Gasteiger partial charge in [0.1, 0.15) is 5.82 Å². The molecule has 1 nitrogen and oxygen atoms in total. The predicted molar refractivity (Wildman–Crippen MR) is 75.1 cm³/mol. The molecule has 0 amide bonds. The zero-order chi connectivity index (χ0) is 13.3. The molecule has 0 aromatic heterocycles. The van der Waals surface area contributed by atoms with E-state index in [2.05, 4.69) is 19.9 Å². The van der Waals surface area contributed by atoms with E-state index < -0.39 is 0 Å². The highest BCUT2D eigenvalue weighted by Gasteiger charge is 2.09. The maximum Gasteiger partial charge on any atom is 0.131 e. The second-order valence-electron chi connectivity index (χ2n) is 4.97. The Bertz CT molecular complexity index is 573. The van der Waals surface area contributed by atoms with Crippen LogP contribution in [0.4, 0.5) is 10.1 Å². The second-order valence-corrected chi connectivity index (χ2v) is 4.97. The van der Waals surface area contributed by atoms with E-state index in [1.54, 1.807) is 6.07 Å². The first kappa shape index (κ1) is 12.6. The van der Waals surface area contributed by atoms with Crippen LogP contribution in [0.25, 0.3) is 11.1 Å². The fourth-order valence-corrected chi connectivity index (χ4v) is 1.98. The third kappa shape index (κ3) is 2.37. The molecular weight excluding hydrogens is 225 g/mol. The summed E-state index contributed by atoms with van der Waals surface area (Å²) in [5.74, 6) is 0.207. The van der Waals surface area contributed by atoms with Gasteiger partial charge < -0.3 is 5.73 Å². The van der Waals surface area contributed by atoms with Crippen molar-refractivity contribution in [2.75, 3.05) is 5.73 Å². The van der Waals surface area contributed by atoms with E-state index in [0.29, 0.717) is 17.2 Å². The summed E-state index contributed by atoms with van der Waals surface area (Å²) in [4.78, 5) is 0. The van der Waals surface area contributed by atoms with E-state index in [1.807, 2.05) is 25.1 Å². The van der Waals surface area contributed by atoms with E-state index in [4.69, 9.17) is 5.73 Å². The van der Waals surface area contributed by atoms with Gasteiger partial charge in [-0.25, -0.2) is 4.39 Å². The maximum absolute atomic E-state index is 14.0. The molecule has 0 bridgehead atoms. The number of halogens is 1. The summed E-state index contributed by atoms with van der Waals surface area (Å²) in [5.41, 5.74) is 9.91. The minimum Gasteiger partial charge on any atom is -0.398 e. The molecule has 94 valence electrons. The minimum absolute atomic E-state index is 0.220. The molecule has 2 N–H and O–H groups in total. The Morgan fingerprint density at radius 2 is 1.83 bits per heavy atom. The lowest BCUT2D eigenvalue weighted by atomic mass is 9.96. The smallest absolute Gasteiger partial charge is 0.131 e. The summed E-state index contributed by atoms with van der Waals surface area (Å²) >= 11 is 0. The fraction of sp³-hybridized carbons (Fsp3) is 0.250. The Labute approximate surface area is 107 Å². The minimum atomic E-state index is -0.220. The number of nitrogens with two attached hydrogens (primary N) is 1. The van der Waals surface area contributed by atoms with Crippen molar-refractivity contribution in [2.24, 2.45) is 0 Å². The molecular formula is C16H18FN. The van der Waals surface area contributed by atoms with Gasteiger partial charge in [-0.3, -0.25) is 0 Å². The molecule has 2 aromatic carbocycles. The van der Waals surface area contributed by atoms with Crippen molar-refractivity contribution in [2.45, 2.75) is 26.7 Å². The van der Waals surface area contributed by atoms with E-state index in [0.717, 1.165) is 11.1 Å². The van der Waals surface area contributed by atoms with Gasteiger partial charge in [-0.15, -0.1) is 0 Å². The van der Waals surface area contributed by atoms with Crippen molar-refractivity contribution in [3.8, 4) is 11.1 Å². The molecule has 0 aliphatic rings. The zero-order valence-corrected chi connectivity index (χ0v) is 11.0. The van der Waals surface area contributed by atoms with E-state index in [9.17, 15) is 4.39 Å². The Morgan fingerprint density at radius 3 is 2.50 bits per heavy atom. The molecule has 2 aromatic rings. The topological polar surface area (TPSA) is 26.0 Å². The van der Waals surface area contributed by atoms with Gasteiger partial charge in [0.05, 0.1) is 0 Å². The van der Waals surface area contributed by atoms with Crippen LogP contribution >= 0.6 is 0 Å². The van der Waals surface area contributed by atoms with Crippen molar-refractivity contribution in [1.82, 2.24) is 0 Å². The first-order valence-corrected chi connectivity index (χ1v) is 6.15. The van der Waals surface area contributed by atoms with Crippen molar-refractivity contribution in [1.29, 1.82) is 0 Å². The normalized spacial score (nSPS) is 10.9. The Hall–Kier alpha value is -1.83. The molecule has 0 radical (unpaired) electrons. The number of hydrogen-bond donors (Lipinski definition) is 1. The summed E-state index contributed by atoms with van der Waals surface area (Å²) in [6, 6.07) is 11.2. The van der Waals surface area contributed by atoms with Crippen LogP contribution in [0.15, 0.2) is 36.4 Å². The lowest BCUT2D eigenvalue weighted by Gasteiger charge is -2.11. The Morgan fingerprint density at radius 1 is 1.11 bits per heavy atom. The average Bonchev–Trinajstić information content (AvgIpc) is 2.34. The van der Waals surface area contributed by atoms with Crippen LogP contribution in [0.5, 0.6) is 0 Å². The van der Waals surface area contributed by atoms with Crippen LogP contribution in [0, 0.1) is 12.7 Å². The summed E-state index contributed by atoms with van der Waals surface area (Å²) < 4.78 is 14.0. The number of hydrogen-bond acceptors (Lipinski definition) is 1. The van der Waals surface area contributed by atoms with Gasteiger partial charge in [-0.2, -0.15) is 0 Å². The predicted octanol–water partition coefficient (Wildman–Crippen LogP) is 4.51. The summed E-state index contributed by atoms with van der Waals surface area (Å²) in [6.07, 6.45) is 0. The highest BCUT2D eigenvalue weighted by Crippen LogP contribution is 2.29. The van der Waals surface area contributed by atoms with Crippen molar-refractivity contribution in [3.05, 3.63) is 53.3 Å². The van der Waals surface area contributed by atoms with Crippen LogP contribution in [0.3, 0.4) is 0 Å². The van der Waals surface area contributed by atoms with Gasteiger partial charge in [0.15, 0.2) is 0 Å². The van der Waals surface area contributed by atoms with Crippen molar-refractivity contribution in [3.63, 3.8) is 0 Å². The van der Waals surface area contributed by atoms with Crippen LogP contribution in [0.1, 0.15) is 30.9 Å². The maximum atomic E-state index is 14.0. The number of benzene rings is 2. The van der Waals surface area contributed by atoms with Gasteiger partial charge in [0.2, 0.25) is 0 Å². The highest BCUT2D eigenvalue weighted by atomic mass is 19.1. The van der Waals surface area contributed by atoms with Gasteiger partial charge in [-0.1, -0.05) is 38.1 Å². The van der Waals surface area contributed by atoms with Gasteiger partial charge in [0.25, 0.3) is 0 Å². The lowest BCUT2D eigenvalue weighted by molar-refractivity contribution is 0.630. The number of rotatable bonds is 2. The van der Waals surface area contributed by atoms with Crippen LogP contribution in [-0.4, -0.2) is 0 Å². The summed E-state index contributed by atoms with van der Waals surface area (Å²) in [5, 5.41) is 0. The number of nitrogen functional groups attached to an aromatic ring is 1. The quantitative estimate of drug-likeness (QED) is 0.772. The molecule has 0 aliphatic carbocycles. The summed E-state index contributed by atoms with van der Waals surface area (Å²) in [7, 11) is 0. The summed E-state index contributed by atoms with van der Waals surface area (Å²) in [6.45, 7) is 6.06. The Kier molecular flexibility index (Phi) is 3.37. The molecule has 0 fully saturated rings. The number of anilines is 1. The molecule has 0 saturated carbocycles. The third-order valence-corrected chi connectivity index (χ3v) is 3.22. The molecule has 2 heteroatoms. The van der Waals surface area contributed by atoms with E-state index in [1.165, 1.54) is 11.6 Å². The number of aryl methyl sites for hydroxylation is 1. The monoisotopic (exact) mass is 243 g/mol. The first-order valence-electron chi connectivity index (χ1n) is 6.15. The molecule has 0 saturated heterocycles. The van der Waals surface area contributed by atoms with Gasteiger partial charge in [0, 0.05) is 11.3 Å². The van der Waals surface area contributed by atoms with Gasteiger partial charge in [-0.05, 0) is 41.7 Å². The third-order valence-electron chi connectivity index (χ3n) is 3.22. The fourth-order valence-electron chi connectivity index (χ4n) is 1.98. The van der Waals surface area contributed by atoms with Crippen molar-refractivity contribution < 1.29 is 4.39 Å². The molecule has 18 heavy (non-hydrogen) atoms. The lowest BCUT2D eigenvalue weighted by Crippen LogP contribution is -1.95. The van der Waals surface area contributed by atoms with Crippen molar-refractivity contribution >= 4 is 5.69 Å². The second kappa shape index (κ2) is 4.81. The SMILES string of the molecule is Cc1cc(F)c(-c2cccc(C(C)C)c2)cc1N. The first-order chi connectivity index (χ1) is 8.49. The largest absolute Gasteiger partial charge is 0.398 e. The van der Waals surface area contributed by atoms with Gasteiger partial charge >= 0.3 is 0 Å². The average molecular weight is 243 g/mol. The molecule has 0 unspecified atom stereocenters. The highest BCUT2D eigenvalue weighted by molar-refractivity contribution is 5.70. The molecule has 0 atom stereocenters. The van der Waals surface area contributed by atoms with Crippen LogP contribution < -0.4 is 5.73 Å². The van der Waals surface area contributed by atoms with Crippen LogP contribution in [-0.2, 0) is 0 Å². The molecule has 0 heterocycles. The van der Waals surface area contributed by atoms with E-state index >= 15 is 0 Å². The molecule has 2 rings (SSSR count). The standard InChI is InChI=1S/C16H18FN/c1-10(2)12-5-4-6-13(8-12)14-9-16(18)11(3)7-15(14)17/h4-10H,18H2,1-3H3. The molecule has 0 spiro atoms. The zero-order valence-electron chi connectivity index (χ0n) is 11.0. The molecule has 0 aliphatic heterocycles.